The van der Waals surface area contributed by atoms with Gasteiger partial charge in [0.1, 0.15) is 5.82 Å². The van der Waals surface area contributed by atoms with E-state index in [1.807, 2.05) is 36.4 Å². The lowest BCUT2D eigenvalue weighted by atomic mass is 10.2. The van der Waals surface area contributed by atoms with Crippen molar-refractivity contribution in [3.63, 3.8) is 0 Å². The summed E-state index contributed by atoms with van der Waals surface area (Å²) >= 11 is 5.95. The van der Waals surface area contributed by atoms with Gasteiger partial charge in [-0.3, -0.25) is 0 Å². The van der Waals surface area contributed by atoms with Crippen LogP contribution in [0.5, 0.6) is 5.88 Å². The minimum atomic E-state index is 0.226. The van der Waals surface area contributed by atoms with Crippen molar-refractivity contribution in [2.45, 2.75) is 6.54 Å². The molecular weight excluding hydrogens is 288 g/mol. The van der Waals surface area contributed by atoms with Crippen molar-refractivity contribution in [1.29, 1.82) is 0 Å². The summed E-state index contributed by atoms with van der Waals surface area (Å²) in [5.41, 5.74) is 1.84. The molecule has 2 heterocycles. The summed E-state index contributed by atoms with van der Waals surface area (Å²) in [6.07, 6.45) is 1.76. The first-order chi connectivity index (χ1) is 10.3. The number of nitrogens with zero attached hydrogens (tertiary/aromatic N) is 3. The Morgan fingerprint density at radius 3 is 2.76 bits per heavy atom. The van der Waals surface area contributed by atoms with Gasteiger partial charge >= 0.3 is 0 Å². The molecule has 106 valence electrons. The average Bonchev–Trinajstić information content (AvgIpc) is 2.53. The Hall–Kier alpha value is -2.40. The molecule has 0 radical (unpaired) electrons. The number of hydrogen-bond acceptors (Lipinski definition) is 5. The van der Waals surface area contributed by atoms with E-state index in [0.717, 1.165) is 16.5 Å². The largest absolute Gasteiger partial charge is 0.481 e. The average molecular weight is 301 g/mol. The van der Waals surface area contributed by atoms with Gasteiger partial charge in [0, 0.05) is 24.2 Å². The predicted molar refractivity (Wildman–Crippen MR) is 82.7 cm³/mol. The van der Waals surface area contributed by atoms with Gasteiger partial charge in [-0.2, -0.15) is 0 Å². The highest BCUT2D eigenvalue weighted by molar-refractivity contribution is 6.28. The van der Waals surface area contributed by atoms with Gasteiger partial charge < -0.3 is 10.1 Å². The van der Waals surface area contributed by atoms with Crippen molar-refractivity contribution in [3.05, 3.63) is 53.4 Å². The van der Waals surface area contributed by atoms with E-state index in [0.29, 0.717) is 18.2 Å². The number of aromatic nitrogens is 3. The maximum absolute atomic E-state index is 5.95. The third-order valence-corrected chi connectivity index (χ3v) is 3.21. The van der Waals surface area contributed by atoms with E-state index in [9.17, 15) is 0 Å². The van der Waals surface area contributed by atoms with Gasteiger partial charge in [0.05, 0.1) is 12.6 Å². The summed E-state index contributed by atoms with van der Waals surface area (Å²) < 4.78 is 5.04. The number of nitrogens with one attached hydrogen (secondary N) is 1. The molecule has 0 bridgehead atoms. The molecule has 0 aliphatic heterocycles. The van der Waals surface area contributed by atoms with E-state index in [-0.39, 0.29) is 5.28 Å². The molecule has 0 saturated carbocycles. The molecule has 0 aliphatic rings. The van der Waals surface area contributed by atoms with Crippen LogP contribution in [0.3, 0.4) is 0 Å². The molecule has 0 aliphatic carbocycles. The minimum absolute atomic E-state index is 0.226. The number of pyridine rings is 1. The summed E-state index contributed by atoms with van der Waals surface area (Å²) in [6.45, 7) is 0.592. The predicted octanol–water partition coefficient (Wildman–Crippen LogP) is 3.30. The highest BCUT2D eigenvalue weighted by atomic mass is 35.5. The Morgan fingerprint density at radius 2 is 2.00 bits per heavy atom. The summed E-state index contributed by atoms with van der Waals surface area (Å²) in [5.74, 6) is 1.30. The van der Waals surface area contributed by atoms with E-state index < -0.39 is 0 Å². The molecule has 3 aromatic rings. The number of para-hydroxylation sites is 1. The van der Waals surface area contributed by atoms with Gasteiger partial charge in [-0.05, 0) is 29.3 Å². The van der Waals surface area contributed by atoms with Crippen LogP contribution in [0.4, 0.5) is 5.82 Å². The molecule has 1 N–H and O–H groups in total. The number of benzene rings is 1. The molecule has 2 aromatic heterocycles. The van der Waals surface area contributed by atoms with E-state index in [1.165, 1.54) is 0 Å². The first-order valence-corrected chi connectivity index (χ1v) is 6.79. The molecule has 0 fully saturated rings. The van der Waals surface area contributed by atoms with Crippen LogP contribution in [0, 0.1) is 0 Å². The molecule has 0 unspecified atom stereocenters. The van der Waals surface area contributed by atoms with Crippen LogP contribution in [0.25, 0.3) is 10.9 Å². The number of ether oxygens (including phenoxy) is 1. The van der Waals surface area contributed by atoms with Crippen LogP contribution in [0.1, 0.15) is 5.56 Å². The summed E-state index contributed by atoms with van der Waals surface area (Å²) in [5, 5.41) is 4.43. The van der Waals surface area contributed by atoms with Crippen molar-refractivity contribution in [3.8, 4) is 5.88 Å². The van der Waals surface area contributed by atoms with Crippen molar-refractivity contribution < 1.29 is 4.74 Å². The summed E-state index contributed by atoms with van der Waals surface area (Å²) in [6, 6.07) is 11.5. The molecule has 3 rings (SSSR count). The van der Waals surface area contributed by atoms with Gasteiger partial charge in [0.25, 0.3) is 0 Å². The standard InChI is InChI=1S/C15H13ClN4O/c1-21-13-7-6-10(8-17-13)9-18-14-11-4-2-3-5-12(11)19-15(16)20-14/h2-8H,9H2,1H3,(H,18,19,20). The van der Waals surface area contributed by atoms with Crippen LogP contribution < -0.4 is 10.1 Å². The number of fused-ring (bicyclic) bond motifs is 1. The van der Waals surface area contributed by atoms with Crippen LogP contribution in [-0.2, 0) is 6.54 Å². The molecule has 1 aromatic carbocycles. The van der Waals surface area contributed by atoms with Crippen molar-refractivity contribution in [2.75, 3.05) is 12.4 Å². The second kappa shape index (κ2) is 5.93. The van der Waals surface area contributed by atoms with Crippen molar-refractivity contribution >= 4 is 28.3 Å². The Kier molecular flexibility index (Phi) is 3.83. The molecule has 6 heteroatoms. The van der Waals surface area contributed by atoms with Crippen molar-refractivity contribution in [1.82, 2.24) is 15.0 Å². The lowest BCUT2D eigenvalue weighted by molar-refractivity contribution is 0.397. The zero-order chi connectivity index (χ0) is 14.7. The second-order valence-corrected chi connectivity index (χ2v) is 4.76. The first-order valence-electron chi connectivity index (χ1n) is 6.41. The zero-order valence-corrected chi connectivity index (χ0v) is 12.1. The fourth-order valence-corrected chi connectivity index (χ4v) is 2.18. The Balaban J connectivity index is 1.84. The lowest BCUT2D eigenvalue weighted by Gasteiger charge is -2.09. The maximum atomic E-state index is 5.95. The maximum Gasteiger partial charge on any atom is 0.224 e. The van der Waals surface area contributed by atoms with E-state index in [1.54, 1.807) is 13.3 Å². The van der Waals surface area contributed by atoms with Gasteiger partial charge in [-0.15, -0.1) is 0 Å². The fraction of sp³-hybridized carbons (Fsp3) is 0.133. The van der Waals surface area contributed by atoms with E-state index in [2.05, 4.69) is 20.3 Å². The molecule has 21 heavy (non-hydrogen) atoms. The highest BCUT2D eigenvalue weighted by Gasteiger charge is 2.06. The van der Waals surface area contributed by atoms with Gasteiger partial charge in [-0.25, -0.2) is 15.0 Å². The number of halogens is 1. The third kappa shape index (κ3) is 3.03. The number of methoxy groups -OCH3 is 1. The van der Waals surface area contributed by atoms with Crippen LogP contribution in [0.2, 0.25) is 5.28 Å². The Bertz CT molecular complexity index is 761. The summed E-state index contributed by atoms with van der Waals surface area (Å²) in [7, 11) is 1.59. The van der Waals surface area contributed by atoms with Crippen LogP contribution in [-0.4, -0.2) is 22.1 Å². The van der Waals surface area contributed by atoms with E-state index in [4.69, 9.17) is 16.3 Å². The highest BCUT2D eigenvalue weighted by Crippen LogP contribution is 2.22. The molecule has 0 atom stereocenters. The first kappa shape index (κ1) is 13.6. The minimum Gasteiger partial charge on any atom is -0.481 e. The van der Waals surface area contributed by atoms with Crippen LogP contribution >= 0.6 is 11.6 Å². The smallest absolute Gasteiger partial charge is 0.224 e. The Labute approximate surface area is 127 Å². The van der Waals surface area contributed by atoms with Gasteiger partial charge in [0.2, 0.25) is 11.2 Å². The topological polar surface area (TPSA) is 59.9 Å². The molecule has 5 nitrogen and oxygen atoms in total. The number of rotatable bonds is 4. The van der Waals surface area contributed by atoms with Gasteiger partial charge in [0.15, 0.2) is 0 Å². The molecule has 0 amide bonds. The third-order valence-electron chi connectivity index (χ3n) is 3.04. The lowest BCUT2D eigenvalue weighted by Crippen LogP contribution is -2.03. The monoisotopic (exact) mass is 300 g/mol. The zero-order valence-electron chi connectivity index (χ0n) is 11.4. The van der Waals surface area contributed by atoms with E-state index >= 15 is 0 Å². The van der Waals surface area contributed by atoms with Crippen LogP contribution in [0.15, 0.2) is 42.6 Å². The quantitative estimate of drug-likeness (QED) is 0.749. The Morgan fingerprint density at radius 1 is 1.14 bits per heavy atom. The number of hydrogen-bond donors (Lipinski definition) is 1. The molecule has 0 spiro atoms. The molecule has 0 saturated heterocycles. The normalized spacial score (nSPS) is 10.6. The van der Waals surface area contributed by atoms with Gasteiger partial charge in [-0.1, -0.05) is 18.2 Å². The fourth-order valence-electron chi connectivity index (χ4n) is 2.01. The SMILES string of the molecule is COc1ccc(CNc2nc(Cl)nc3ccccc23)cn1. The van der Waals surface area contributed by atoms with Crippen molar-refractivity contribution in [2.24, 2.45) is 0 Å². The second-order valence-electron chi connectivity index (χ2n) is 4.42. The summed E-state index contributed by atoms with van der Waals surface area (Å²) in [4.78, 5) is 12.6. The number of anilines is 1. The molecular formula is C15H13ClN4O.